The molecule has 0 bridgehead atoms. The Labute approximate surface area is 178 Å². The number of nitrogens with zero attached hydrogens (tertiary/aromatic N) is 1. The Bertz CT molecular complexity index is 732. The number of halogens is 1. The van der Waals surface area contributed by atoms with E-state index >= 15 is 0 Å². The van der Waals surface area contributed by atoms with Gasteiger partial charge in [-0.15, -0.1) is 0 Å². The van der Waals surface area contributed by atoms with Crippen LogP contribution in [0.2, 0.25) is 5.02 Å². The lowest BCUT2D eigenvalue weighted by Gasteiger charge is -2.31. The zero-order valence-electron chi connectivity index (χ0n) is 17.0. The molecule has 0 aliphatic heterocycles. The maximum atomic E-state index is 12.2. The minimum atomic E-state index is -3.36. The number of hydrogen-bond donors (Lipinski definition) is 0. The topological polar surface area (TPSA) is 82.1 Å². The highest BCUT2D eigenvalue weighted by Crippen LogP contribution is 2.27. The zero-order valence-corrected chi connectivity index (χ0v) is 18.6. The lowest BCUT2D eigenvalue weighted by Crippen LogP contribution is -2.36. The average molecular weight is 448 g/mol. The first-order valence-corrected chi connectivity index (χ1v) is 12.1. The Hall–Kier alpha value is -1.35. The van der Waals surface area contributed by atoms with Crippen molar-refractivity contribution in [1.82, 2.24) is 4.90 Å². The number of rotatable bonds is 10. The maximum absolute atomic E-state index is 12.2. The van der Waals surface area contributed by atoms with Gasteiger partial charge in [0.25, 0.3) is 10.1 Å². The fourth-order valence-electron chi connectivity index (χ4n) is 3.29. The number of hydrogen-bond acceptors (Lipinski definition) is 6. The standard InChI is InChI=1S/C20H30ClNO6S/c1-22(20(23)28-19-11-7-17(21)8-12-19)15-16-5-9-18(10-6-16)26-13-3-4-14-27-29(2,24)25/h7-8,11-12,16,18H,3-6,9-10,13-15H2,1-2H3/t16-,18-. The molecule has 0 saturated heterocycles. The van der Waals surface area contributed by atoms with Gasteiger partial charge in [0.05, 0.1) is 19.0 Å². The first-order chi connectivity index (χ1) is 13.7. The van der Waals surface area contributed by atoms with Gasteiger partial charge in [-0.05, 0) is 68.7 Å². The molecule has 1 aliphatic carbocycles. The van der Waals surface area contributed by atoms with Crippen molar-refractivity contribution in [2.24, 2.45) is 5.92 Å². The number of carbonyl (C=O) groups excluding carboxylic acids is 1. The van der Waals surface area contributed by atoms with Crippen molar-refractivity contribution in [3.8, 4) is 5.75 Å². The smallest absolute Gasteiger partial charge is 0.410 e. The monoisotopic (exact) mass is 447 g/mol. The minimum Gasteiger partial charge on any atom is -0.410 e. The van der Waals surface area contributed by atoms with Gasteiger partial charge in [0.15, 0.2) is 0 Å². The highest BCUT2D eigenvalue weighted by atomic mass is 35.5. The van der Waals surface area contributed by atoms with Gasteiger partial charge < -0.3 is 14.4 Å². The summed E-state index contributed by atoms with van der Waals surface area (Å²) >= 11 is 5.83. The van der Waals surface area contributed by atoms with Gasteiger partial charge in [0.2, 0.25) is 0 Å². The van der Waals surface area contributed by atoms with E-state index in [1.165, 1.54) is 0 Å². The largest absolute Gasteiger partial charge is 0.414 e. The SMILES string of the molecule is CN(C[C@H]1CC[C@H](OCCCCOS(C)(=O)=O)CC1)C(=O)Oc1ccc(Cl)cc1. The Morgan fingerprint density at radius 1 is 1.10 bits per heavy atom. The van der Waals surface area contributed by atoms with Crippen LogP contribution in [0.4, 0.5) is 4.79 Å². The van der Waals surface area contributed by atoms with Crippen molar-refractivity contribution >= 4 is 27.8 Å². The Morgan fingerprint density at radius 2 is 1.72 bits per heavy atom. The van der Waals surface area contributed by atoms with E-state index in [1.807, 2.05) is 0 Å². The van der Waals surface area contributed by atoms with E-state index in [1.54, 1.807) is 36.2 Å². The molecular weight excluding hydrogens is 418 g/mol. The number of unbranched alkanes of at least 4 members (excludes halogenated alkanes) is 1. The molecule has 1 aliphatic rings. The zero-order chi connectivity index (χ0) is 21.3. The van der Waals surface area contributed by atoms with Gasteiger partial charge in [0, 0.05) is 25.2 Å². The van der Waals surface area contributed by atoms with Crippen molar-refractivity contribution < 1.29 is 26.9 Å². The lowest BCUT2D eigenvalue weighted by molar-refractivity contribution is 0.0127. The molecule has 0 heterocycles. The van der Waals surface area contributed by atoms with Crippen molar-refractivity contribution in [2.75, 3.05) is 33.1 Å². The molecule has 0 radical (unpaired) electrons. The first-order valence-electron chi connectivity index (χ1n) is 9.87. The molecule has 0 aromatic heterocycles. The minimum absolute atomic E-state index is 0.202. The van der Waals surface area contributed by atoms with E-state index in [-0.39, 0.29) is 18.8 Å². The summed E-state index contributed by atoms with van der Waals surface area (Å²) in [4.78, 5) is 13.8. The third-order valence-electron chi connectivity index (χ3n) is 4.85. The summed E-state index contributed by atoms with van der Waals surface area (Å²) in [6.07, 6.45) is 6.26. The fourth-order valence-corrected chi connectivity index (χ4v) is 3.84. The number of benzene rings is 1. The van der Waals surface area contributed by atoms with Crippen LogP contribution in [0, 0.1) is 5.92 Å². The van der Waals surface area contributed by atoms with E-state index in [2.05, 4.69) is 0 Å². The molecule has 29 heavy (non-hydrogen) atoms. The second-order valence-corrected chi connectivity index (χ2v) is 9.53. The van der Waals surface area contributed by atoms with Gasteiger partial charge in [-0.2, -0.15) is 8.42 Å². The van der Waals surface area contributed by atoms with Crippen LogP contribution >= 0.6 is 11.6 Å². The number of ether oxygens (including phenoxy) is 2. The second kappa shape index (κ2) is 11.7. The van der Waals surface area contributed by atoms with Crippen LogP contribution in [-0.2, 0) is 19.0 Å². The van der Waals surface area contributed by atoms with Gasteiger partial charge in [0.1, 0.15) is 5.75 Å². The predicted molar refractivity (Wildman–Crippen MR) is 112 cm³/mol. The average Bonchev–Trinajstić information content (AvgIpc) is 2.66. The van der Waals surface area contributed by atoms with Gasteiger partial charge in [-0.1, -0.05) is 11.6 Å². The summed E-state index contributed by atoms with van der Waals surface area (Å²) in [6, 6.07) is 6.71. The molecule has 2 rings (SSSR count). The summed E-state index contributed by atoms with van der Waals surface area (Å²) in [6.45, 7) is 1.46. The Balaban J connectivity index is 1.58. The fraction of sp³-hybridized carbons (Fsp3) is 0.650. The molecule has 164 valence electrons. The van der Waals surface area contributed by atoms with Gasteiger partial charge in [-0.3, -0.25) is 4.18 Å². The van der Waals surface area contributed by atoms with Crippen LogP contribution in [0.5, 0.6) is 5.75 Å². The van der Waals surface area contributed by atoms with Crippen molar-refractivity contribution in [3.63, 3.8) is 0 Å². The predicted octanol–water partition coefficient (Wildman–Crippen LogP) is 4.10. The molecule has 0 atom stereocenters. The highest BCUT2D eigenvalue weighted by Gasteiger charge is 2.24. The first kappa shape index (κ1) is 23.9. The molecular formula is C20H30ClNO6S. The Morgan fingerprint density at radius 3 is 2.34 bits per heavy atom. The van der Waals surface area contributed by atoms with Gasteiger partial charge >= 0.3 is 6.09 Å². The molecule has 1 aromatic rings. The van der Waals surface area contributed by atoms with Crippen molar-refractivity contribution in [3.05, 3.63) is 29.3 Å². The summed E-state index contributed by atoms with van der Waals surface area (Å²) in [5, 5.41) is 0.597. The lowest BCUT2D eigenvalue weighted by atomic mass is 9.87. The molecule has 7 nitrogen and oxygen atoms in total. The third kappa shape index (κ3) is 9.80. The summed E-state index contributed by atoms with van der Waals surface area (Å²) < 4.78 is 37.7. The molecule has 1 saturated carbocycles. The van der Waals surface area contributed by atoms with Crippen LogP contribution in [0.15, 0.2) is 24.3 Å². The van der Waals surface area contributed by atoms with E-state index in [4.69, 9.17) is 25.3 Å². The van der Waals surface area contributed by atoms with E-state index < -0.39 is 10.1 Å². The molecule has 1 fully saturated rings. The number of carbonyl (C=O) groups is 1. The van der Waals surface area contributed by atoms with Crippen molar-refractivity contribution in [1.29, 1.82) is 0 Å². The molecule has 0 unspecified atom stereocenters. The van der Waals surface area contributed by atoms with Crippen LogP contribution < -0.4 is 4.74 Å². The molecule has 1 aromatic carbocycles. The van der Waals surface area contributed by atoms with Crippen LogP contribution in [-0.4, -0.2) is 58.6 Å². The van der Waals surface area contributed by atoms with Gasteiger partial charge in [-0.25, -0.2) is 4.79 Å². The molecule has 1 amide bonds. The normalized spacial score (nSPS) is 19.7. The summed E-state index contributed by atoms with van der Waals surface area (Å²) in [5.74, 6) is 0.908. The Kier molecular flexibility index (Phi) is 9.68. The van der Waals surface area contributed by atoms with E-state index in [0.717, 1.165) is 38.4 Å². The van der Waals surface area contributed by atoms with Crippen molar-refractivity contribution in [2.45, 2.75) is 44.6 Å². The quantitative estimate of drug-likeness (QED) is 0.396. The van der Waals surface area contributed by atoms with E-state index in [9.17, 15) is 13.2 Å². The van der Waals surface area contributed by atoms with Crippen LogP contribution in [0.3, 0.4) is 0 Å². The maximum Gasteiger partial charge on any atom is 0.414 e. The molecule has 0 N–H and O–H groups in total. The number of amides is 1. The summed E-state index contributed by atoms with van der Waals surface area (Å²) in [5.41, 5.74) is 0. The highest BCUT2D eigenvalue weighted by molar-refractivity contribution is 7.85. The molecule has 9 heteroatoms. The summed E-state index contributed by atoms with van der Waals surface area (Å²) in [7, 11) is -1.61. The molecule has 0 spiro atoms. The van der Waals surface area contributed by atoms with E-state index in [0.29, 0.717) is 36.3 Å². The van der Waals surface area contributed by atoms with Crippen LogP contribution in [0.1, 0.15) is 38.5 Å². The second-order valence-electron chi connectivity index (χ2n) is 7.45. The van der Waals surface area contributed by atoms with Crippen LogP contribution in [0.25, 0.3) is 0 Å². The third-order valence-corrected chi connectivity index (χ3v) is 5.69.